The summed E-state index contributed by atoms with van der Waals surface area (Å²) >= 11 is 8.71. The third-order valence-electron chi connectivity index (χ3n) is 3.09. The molecule has 0 aliphatic carbocycles. The number of ether oxygens (including phenoxy) is 1. The third-order valence-corrected chi connectivity index (χ3v) is 5.22. The smallest absolute Gasteiger partial charge is 0.316 e. The molecule has 0 saturated heterocycles. The molecule has 0 saturated carbocycles. The van der Waals surface area contributed by atoms with E-state index in [1.54, 1.807) is 24.3 Å². The predicted octanol–water partition coefficient (Wildman–Crippen LogP) is 3.86. The number of aromatic nitrogens is 2. The summed E-state index contributed by atoms with van der Waals surface area (Å²) in [6.07, 6.45) is 1.47. The Morgan fingerprint density at radius 2 is 2.04 bits per heavy atom. The fraction of sp³-hybridized carbons (Fsp3) is 0.125. The van der Waals surface area contributed by atoms with Crippen molar-refractivity contribution in [1.29, 1.82) is 0 Å². The van der Waals surface area contributed by atoms with Crippen molar-refractivity contribution in [2.45, 2.75) is 5.03 Å². The van der Waals surface area contributed by atoms with Crippen LogP contribution in [-0.4, -0.2) is 34.1 Å². The standard InChI is InChI=1S/C16H11ClN2O3S2/c17-12-4-2-1-3-10(12)13(20)7-22-14(21)8-24-16-11-5-6-23-15(11)18-9-19-16/h1-6,9H,7-8H2. The number of esters is 1. The van der Waals surface area contributed by atoms with Crippen LogP contribution in [-0.2, 0) is 9.53 Å². The van der Waals surface area contributed by atoms with Gasteiger partial charge in [-0.3, -0.25) is 9.59 Å². The molecule has 1 aromatic carbocycles. The van der Waals surface area contributed by atoms with Gasteiger partial charge in [-0.2, -0.15) is 0 Å². The van der Waals surface area contributed by atoms with E-state index in [1.807, 2.05) is 11.4 Å². The number of nitrogens with zero attached hydrogens (tertiary/aromatic N) is 2. The number of ketones is 1. The fourth-order valence-electron chi connectivity index (χ4n) is 1.96. The van der Waals surface area contributed by atoms with Crippen LogP contribution in [0.5, 0.6) is 0 Å². The van der Waals surface area contributed by atoms with E-state index >= 15 is 0 Å². The van der Waals surface area contributed by atoms with Crippen molar-refractivity contribution in [3.05, 3.63) is 52.6 Å². The molecule has 0 fully saturated rings. The maximum absolute atomic E-state index is 12.0. The molecular formula is C16H11ClN2O3S2. The van der Waals surface area contributed by atoms with Crippen LogP contribution in [0.25, 0.3) is 10.2 Å². The Morgan fingerprint density at radius 1 is 1.21 bits per heavy atom. The maximum atomic E-state index is 12.0. The van der Waals surface area contributed by atoms with E-state index in [0.717, 1.165) is 15.2 Å². The molecule has 3 aromatic rings. The Hall–Kier alpha value is -1.96. The zero-order chi connectivity index (χ0) is 16.9. The van der Waals surface area contributed by atoms with Gasteiger partial charge in [0.2, 0.25) is 5.78 Å². The lowest BCUT2D eigenvalue weighted by Crippen LogP contribution is -2.15. The van der Waals surface area contributed by atoms with Crippen LogP contribution in [0.1, 0.15) is 10.4 Å². The van der Waals surface area contributed by atoms with Gasteiger partial charge < -0.3 is 4.74 Å². The average Bonchev–Trinajstić information content (AvgIpc) is 3.07. The van der Waals surface area contributed by atoms with Crippen molar-refractivity contribution in [3.8, 4) is 0 Å². The van der Waals surface area contributed by atoms with E-state index < -0.39 is 5.97 Å². The Kier molecular flexibility index (Phi) is 5.44. The molecule has 0 atom stereocenters. The van der Waals surface area contributed by atoms with E-state index in [1.165, 1.54) is 29.4 Å². The lowest BCUT2D eigenvalue weighted by molar-refractivity contribution is -0.139. The van der Waals surface area contributed by atoms with Gasteiger partial charge in [-0.1, -0.05) is 35.5 Å². The normalized spacial score (nSPS) is 10.7. The zero-order valence-corrected chi connectivity index (χ0v) is 14.7. The molecule has 5 nitrogen and oxygen atoms in total. The van der Waals surface area contributed by atoms with Gasteiger partial charge in [0.25, 0.3) is 0 Å². The molecule has 122 valence electrons. The van der Waals surface area contributed by atoms with Gasteiger partial charge in [0.1, 0.15) is 16.2 Å². The molecular weight excluding hydrogens is 368 g/mol. The number of benzene rings is 1. The van der Waals surface area contributed by atoms with Crippen LogP contribution in [0.2, 0.25) is 5.02 Å². The molecule has 24 heavy (non-hydrogen) atoms. The van der Waals surface area contributed by atoms with E-state index in [4.69, 9.17) is 16.3 Å². The lowest BCUT2D eigenvalue weighted by Gasteiger charge is -2.05. The Bertz CT molecular complexity index is 898. The second-order valence-electron chi connectivity index (χ2n) is 4.67. The van der Waals surface area contributed by atoms with E-state index in [-0.39, 0.29) is 18.1 Å². The Morgan fingerprint density at radius 3 is 2.88 bits per heavy atom. The number of fused-ring (bicyclic) bond motifs is 1. The summed E-state index contributed by atoms with van der Waals surface area (Å²) in [4.78, 5) is 33.0. The van der Waals surface area contributed by atoms with Crippen molar-refractivity contribution < 1.29 is 14.3 Å². The molecule has 0 radical (unpaired) electrons. The lowest BCUT2D eigenvalue weighted by atomic mass is 10.1. The second kappa shape index (κ2) is 7.74. The molecule has 0 spiro atoms. The molecule has 8 heteroatoms. The highest BCUT2D eigenvalue weighted by atomic mass is 35.5. The number of halogens is 1. The monoisotopic (exact) mass is 378 g/mol. The number of rotatable bonds is 6. The molecule has 3 rings (SSSR count). The molecule has 2 aromatic heterocycles. The number of hydrogen-bond donors (Lipinski definition) is 0. The van der Waals surface area contributed by atoms with Crippen molar-refractivity contribution in [3.63, 3.8) is 0 Å². The number of carbonyl (C=O) groups excluding carboxylic acids is 2. The number of thiophene rings is 1. The summed E-state index contributed by atoms with van der Waals surface area (Å²) < 4.78 is 5.02. The first-order chi connectivity index (χ1) is 11.6. The summed E-state index contributed by atoms with van der Waals surface area (Å²) in [5, 5.41) is 3.89. The molecule has 2 heterocycles. The van der Waals surface area contributed by atoms with Gasteiger partial charge in [-0.05, 0) is 23.6 Å². The predicted molar refractivity (Wildman–Crippen MR) is 94.9 cm³/mol. The van der Waals surface area contributed by atoms with Crippen molar-refractivity contribution in [1.82, 2.24) is 9.97 Å². The van der Waals surface area contributed by atoms with Crippen LogP contribution in [0, 0.1) is 0 Å². The third kappa shape index (κ3) is 3.92. The molecule has 0 aliphatic heterocycles. The summed E-state index contributed by atoms with van der Waals surface area (Å²) in [6.45, 7) is -0.333. The van der Waals surface area contributed by atoms with Gasteiger partial charge in [-0.15, -0.1) is 11.3 Å². The second-order valence-corrected chi connectivity index (χ2v) is 6.94. The summed E-state index contributed by atoms with van der Waals surface area (Å²) in [5.41, 5.74) is 0.343. The highest BCUT2D eigenvalue weighted by molar-refractivity contribution is 8.00. The van der Waals surface area contributed by atoms with Crippen LogP contribution >= 0.6 is 34.7 Å². The van der Waals surface area contributed by atoms with Gasteiger partial charge in [0.05, 0.1) is 10.8 Å². The van der Waals surface area contributed by atoms with Gasteiger partial charge in [0.15, 0.2) is 6.61 Å². The molecule has 0 N–H and O–H groups in total. The van der Waals surface area contributed by atoms with Crippen LogP contribution < -0.4 is 0 Å². The van der Waals surface area contributed by atoms with E-state index in [9.17, 15) is 9.59 Å². The van der Waals surface area contributed by atoms with Gasteiger partial charge in [-0.25, -0.2) is 9.97 Å². The van der Waals surface area contributed by atoms with Gasteiger partial charge in [0, 0.05) is 10.9 Å². The molecule has 0 unspecified atom stereocenters. The Balaban J connectivity index is 1.54. The minimum absolute atomic E-state index is 0.0672. The van der Waals surface area contributed by atoms with Crippen LogP contribution in [0.3, 0.4) is 0 Å². The summed E-state index contributed by atoms with van der Waals surface area (Å²) in [6, 6.07) is 8.57. The number of hydrogen-bond acceptors (Lipinski definition) is 7. The van der Waals surface area contributed by atoms with Gasteiger partial charge >= 0.3 is 5.97 Å². The average molecular weight is 379 g/mol. The number of thioether (sulfide) groups is 1. The highest BCUT2D eigenvalue weighted by Crippen LogP contribution is 2.27. The minimum atomic E-state index is -0.484. The Labute approximate surface area is 151 Å². The van der Waals surface area contributed by atoms with Crippen molar-refractivity contribution in [2.24, 2.45) is 0 Å². The number of carbonyl (C=O) groups is 2. The van der Waals surface area contributed by atoms with Crippen molar-refractivity contribution in [2.75, 3.05) is 12.4 Å². The first kappa shape index (κ1) is 16.9. The van der Waals surface area contributed by atoms with Crippen molar-refractivity contribution >= 4 is 56.7 Å². The maximum Gasteiger partial charge on any atom is 0.316 e. The topological polar surface area (TPSA) is 69.2 Å². The molecule has 0 aliphatic rings. The minimum Gasteiger partial charge on any atom is -0.457 e. The molecule has 0 amide bonds. The van der Waals surface area contributed by atoms with E-state index in [2.05, 4.69) is 9.97 Å². The van der Waals surface area contributed by atoms with Crippen LogP contribution in [0.4, 0.5) is 0 Å². The first-order valence-electron chi connectivity index (χ1n) is 6.89. The number of Topliss-reactive ketones (excluding diaryl/α,β-unsaturated/α-hetero) is 1. The largest absolute Gasteiger partial charge is 0.457 e. The zero-order valence-electron chi connectivity index (χ0n) is 12.3. The fourth-order valence-corrected chi connectivity index (χ4v) is 3.78. The first-order valence-corrected chi connectivity index (χ1v) is 9.14. The highest BCUT2D eigenvalue weighted by Gasteiger charge is 2.14. The summed E-state index contributed by atoms with van der Waals surface area (Å²) in [5.74, 6) is -0.749. The molecule has 0 bridgehead atoms. The van der Waals surface area contributed by atoms with Crippen LogP contribution in [0.15, 0.2) is 47.1 Å². The van der Waals surface area contributed by atoms with E-state index in [0.29, 0.717) is 10.6 Å². The SMILES string of the molecule is O=C(CSc1ncnc2sccc12)OCC(=O)c1ccccc1Cl. The summed E-state index contributed by atoms with van der Waals surface area (Å²) in [7, 11) is 0. The quantitative estimate of drug-likeness (QED) is 0.281.